The number of para-hydroxylation sites is 2. The normalized spacial score (nSPS) is 13.8. The van der Waals surface area contributed by atoms with Crippen molar-refractivity contribution >= 4 is 34.7 Å². The number of anilines is 2. The van der Waals surface area contributed by atoms with Gasteiger partial charge in [0.1, 0.15) is 0 Å². The van der Waals surface area contributed by atoms with Crippen LogP contribution in [0.2, 0.25) is 0 Å². The molecule has 1 aliphatic rings. The second-order valence-corrected chi connectivity index (χ2v) is 7.42. The molecule has 32 heavy (non-hydrogen) atoms. The first-order valence-electron chi connectivity index (χ1n) is 10.5. The second-order valence-electron chi connectivity index (χ2n) is 7.42. The average molecular weight is 435 g/mol. The fourth-order valence-electron chi connectivity index (χ4n) is 3.65. The highest BCUT2D eigenvalue weighted by atomic mass is 16.6. The Kier molecular flexibility index (Phi) is 6.34. The molecule has 0 bridgehead atoms. The van der Waals surface area contributed by atoms with E-state index in [9.17, 15) is 14.7 Å². The molecule has 0 atom stereocenters. The summed E-state index contributed by atoms with van der Waals surface area (Å²) in [5, 5.41) is 12.6. The molecule has 0 saturated carbocycles. The van der Waals surface area contributed by atoms with Crippen molar-refractivity contribution in [3.63, 3.8) is 0 Å². The number of carboxylic acid groups (broad SMARTS) is 1. The van der Waals surface area contributed by atoms with E-state index in [0.29, 0.717) is 51.0 Å². The summed E-state index contributed by atoms with van der Waals surface area (Å²) in [4.78, 5) is 36.7. The van der Waals surface area contributed by atoms with Gasteiger partial charge in [0, 0.05) is 32.7 Å². The van der Waals surface area contributed by atoms with Crippen LogP contribution in [0.3, 0.4) is 0 Å². The zero-order valence-electron chi connectivity index (χ0n) is 17.8. The lowest BCUT2D eigenvalue weighted by atomic mass is 10.1. The Morgan fingerprint density at radius 3 is 2.44 bits per heavy atom. The van der Waals surface area contributed by atoms with E-state index in [2.05, 4.69) is 10.2 Å². The van der Waals surface area contributed by atoms with Gasteiger partial charge in [-0.1, -0.05) is 24.3 Å². The summed E-state index contributed by atoms with van der Waals surface area (Å²) in [5.74, 6) is 0.369. The Hall–Kier alpha value is -3.88. The summed E-state index contributed by atoms with van der Waals surface area (Å²) in [6, 6.07) is 14.5. The maximum atomic E-state index is 12.0. The van der Waals surface area contributed by atoms with Crippen molar-refractivity contribution in [3.05, 3.63) is 59.7 Å². The molecule has 0 radical (unpaired) electrons. The van der Waals surface area contributed by atoms with Crippen molar-refractivity contribution < 1.29 is 19.4 Å². The molecule has 2 aromatic carbocycles. The van der Waals surface area contributed by atoms with Gasteiger partial charge in [-0.05, 0) is 36.8 Å². The van der Waals surface area contributed by atoms with Gasteiger partial charge in [-0.25, -0.2) is 19.6 Å². The highest BCUT2D eigenvalue weighted by Crippen LogP contribution is 2.26. The molecule has 2 N–H and O–H groups in total. The molecule has 0 aliphatic carbocycles. The van der Waals surface area contributed by atoms with Gasteiger partial charge in [0.05, 0.1) is 23.2 Å². The van der Waals surface area contributed by atoms with E-state index in [1.807, 2.05) is 30.3 Å². The number of hydrogen-bond acceptors (Lipinski definition) is 7. The number of hydrogen-bond donors (Lipinski definition) is 2. The largest absolute Gasteiger partial charge is 0.478 e. The highest BCUT2D eigenvalue weighted by molar-refractivity contribution is 5.87. The Bertz CT molecular complexity index is 1130. The number of amides is 1. The lowest BCUT2D eigenvalue weighted by molar-refractivity contribution is 0.0696. The summed E-state index contributed by atoms with van der Waals surface area (Å²) < 4.78 is 5.10. The van der Waals surface area contributed by atoms with E-state index in [0.717, 1.165) is 16.6 Å². The third-order valence-electron chi connectivity index (χ3n) is 5.29. The van der Waals surface area contributed by atoms with E-state index in [-0.39, 0.29) is 11.7 Å². The number of rotatable bonds is 6. The molecule has 4 rings (SSSR count). The van der Waals surface area contributed by atoms with Crippen LogP contribution in [0, 0.1) is 0 Å². The first kappa shape index (κ1) is 21.4. The molecule has 9 heteroatoms. The van der Waals surface area contributed by atoms with E-state index >= 15 is 0 Å². The van der Waals surface area contributed by atoms with Crippen LogP contribution in [0.5, 0.6) is 0 Å². The predicted molar refractivity (Wildman–Crippen MR) is 121 cm³/mol. The quantitative estimate of drug-likeness (QED) is 0.608. The van der Waals surface area contributed by atoms with Crippen molar-refractivity contribution in [2.24, 2.45) is 0 Å². The number of aromatic nitrogens is 2. The molecule has 0 spiro atoms. The molecule has 0 unspecified atom stereocenters. The summed E-state index contributed by atoms with van der Waals surface area (Å²) in [5.41, 5.74) is 2.62. The van der Waals surface area contributed by atoms with E-state index < -0.39 is 5.97 Å². The maximum Gasteiger partial charge on any atom is 0.409 e. The zero-order chi connectivity index (χ0) is 22.5. The third-order valence-corrected chi connectivity index (χ3v) is 5.29. The van der Waals surface area contributed by atoms with Crippen molar-refractivity contribution in [2.45, 2.75) is 13.5 Å². The smallest absolute Gasteiger partial charge is 0.409 e. The number of nitrogens with zero attached hydrogens (tertiary/aromatic N) is 4. The lowest BCUT2D eigenvalue weighted by Crippen LogP contribution is -2.49. The van der Waals surface area contributed by atoms with Crippen LogP contribution in [-0.2, 0) is 11.3 Å². The van der Waals surface area contributed by atoms with Crippen LogP contribution < -0.4 is 10.2 Å². The van der Waals surface area contributed by atoms with Crippen LogP contribution in [0.25, 0.3) is 11.0 Å². The van der Waals surface area contributed by atoms with Gasteiger partial charge in [0.2, 0.25) is 0 Å². The molecule has 1 saturated heterocycles. The van der Waals surface area contributed by atoms with Crippen molar-refractivity contribution in [2.75, 3.05) is 43.0 Å². The van der Waals surface area contributed by atoms with Gasteiger partial charge in [-0.2, -0.15) is 0 Å². The van der Waals surface area contributed by atoms with Crippen molar-refractivity contribution in [1.82, 2.24) is 14.9 Å². The Balaban J connectivity index is 1.57. The minimum Gasteiger partial charge on any atom is -0.478 e. The molecule has 1 aromatic heterocycles. The number of carbonyl (C=O) groups excluding carboxylic acids is 1. The Morgan fingerprint density at radius 1 is 1.03 bits per heavy atom. The molecule has 166 valence electrons. The molecule has 9 nitrogen and oxygen atoms in total. The monoisotopic (exact) mass is 435 g/mol. The molecular formula is C23H25N5O4. The number of carbonyl (C=O) groups is 2. The standard InChI is InChI=1S/C23H25N5O4/c1-2-32-23(31)28-12-10-27(11-13-28)21-20(25-18-8-3-4-9-19(18)26-21)24-15-16-6-5-7-17(14-16)22(29)30/h3-9,14H,2,10-13,15H2,1H3,(H,24,25)(H,29,30). The van der Waals surface area contributed by atoms with Gasteiger partial charge in [-0.15, -0.1) is 0 Å². The van der Waals surface area contributed by atoms with E-state index in [4.69, 9.17) is 14.7 Å². The first-order valence-corrected chi connectivity index (χ1v) is 10.5. The van der Waals surface area contributed by atoms with Crippen LogP contribution in [0.4, 0.5) is 16.4 Å². The Morgan fingerprint density at radius 2 is 1.75 bits per heavy atom. The summed E-state index contributed by atoms with van der Waals surface area (Å²) in [6.07, 6.45) is -0.298. The predicted octanol–water partition coefficient (Wildman–Crippen LogP) is 3.22. The van der Waals surface area contributed by atoms with E-state index in [1.54, 1.807) is 30.0 Å². The lowest BCUT2D eigenvalue weighted by Gasteiger charge is -2.35. The number of fused-ring (bicyclic) bond motifs is 1. The number of aromatic carboxylic acids is 1. The second kappa shape index (κ2) is 9.51. The topological polar surface area (TPSA) is 108 Å². The molecular weight excluding hydrogens is 410 g/mol. The first-order chi connectivity index (χ1) is 15.5. The molecule has 1 amide bonds. The average Bonchev–Trinajstić information content (AvgIpc) is 2.82. The zero-order valence-corrected chi connectivity index (χ0v) is 17.8. The van der Waals surface area contributed by atoms with Gasteiger partial charge in [0.25, 0.3) is 0 Å². The van der Waals surface area contributed by atoms with Gasteiger partial charge in [-0.3, -0.25) is 0 Å². The van der Waals surface area contributed by atoms with Crippen LogP contribution in [-0.4, -0.2) is 64.8 Å². The number of ether oxygens (including phenoxy) is 1. The maximum absolute atomic E-state index is 12.0. The van der Waals surface area contributed by atoms with Gasteiger partial charge in [0.15, 0.2) is 11.6 Å². The number of carboxylic acids is 1. The summed E-state index contributed by atoms with van der Waals surface area (Å²) >= 11 is 0. The minimum absolute atomic E-state index is 0.240. The van der Waals surface area contributed by atoms with Gasteiger partial charge < -0.3 is 25.0 Å². The van der Waals surface area contributed by atoms with Crippen molar-refractivity contribution in [1.29, 1.82) is 0 Å². The number of nitrogens with one attached hydrogen (secondary N) is 1. The minimum atomic E-state index is -0.961. The fourth-order valence-corrected chi connectivity index (χ4v) is 3.65. The molecule has 1 aliphatic heterocycles. The van der Waals surface area contributed by atoms with Crippen molar-refractivity contribution in [3.8, 4) is 0 Å². The Labute approximate surface area is 185 Å². The molecule has 3 aromatic rings. The van der Waals surface area contributed by atoms with E-state index in [1.165, 1.54) is 0 Å². The number of benzene rings is 2. The van der Waals surface area contributed by atoms with Gasteiger partial charge >= 0.3 is 12.1 Å². The SMILES string of the molecule is CCOC(=O)N1CCN(c2nc3ccccc3nc2NCc2cccc(C(=O)O)c2)CC1. The highest BCUT2D eigenvalue weighted by Gasteiger charge is 2.25. The molecule has 2 heterocycles. The third kappa shape index (κ3) is 4.72. The van der Waals surface area contributed by atoms with Crippen LogP contribution >= 0.6 is 0 Å². The van der Waals surface area contributed by atoms with Crippen LogP contribution in [0.15, 0.2) is 48.5 Å². The van der Waals surface area contributed by atoms with Crippen LogP contribution in [0.1, 0.15) is 22.8 Å². The summed E-state index contributed by atoms with van der Waals surface area (Å²) in [7, 11) is 0. The number of piperazine rings is 1. The molecule has 1 fully saturated rings. The fraction of sp³-hybridized carbons (Fsp3) is 0.304. The summed E-state index contributed by atoms with van der Waals surface area (Å²) in [6.45, 7) is 4.84.